The molecule has 1 aliphatic heterocycles. The number of ether oxygens (including phenoxy) is 2. The topological polar surface area (TPSA) is 69.7 Å². The van der Waals surface area contributed by atoms with E-state index in [9.17, 15) is 14.4 Å². The van der Waals surface area contributed by atoms with Crippen molar-refractivity contribution in [2.24, 2.45) is 0 Å². The average molecular weight is 294 g/mol. The van der Waals surface area contributed by atoms with Gasteiger partial charge in [0.05, 0.1) is 6.61 Å². The molecule has 2 unspecified atom stereocenters. The van der Waals surface area contributed by atoms with Crippen LogP contribution < -0.4 is 0 Å². The predicted octanol–water partition coefficient (Wildman–Crippen LogP) is 1.35. The highest BCUT2D eigenvalue weighted by molar-refractivity contribution is 8.00. The third-order valence-electron chi connectivity index (χ3n) is 2.76. The minimum atomic E-state index is -1.14. The number of cyclic esters (lactones) is 1. The van der Waals surface area contributed by atoms with E-state index in [2.05, 4.69) is 0 Å². The van der Waals surface area contributed by atoms with Crippen LogP contribution in [0.5, 0.6) is 0 Å². The number of Topliss-reactive ketones (excluding diaryl/α,β-unsaturated/α-hetero) is 1. The largest absolute Gasteiger partial charge is 0.463 e. The first-order valence-electron chi connectivity index (χ1n) is 6.20. The zero-order valence-corrected chi connectivity index (χ0v) is 11.7. The second kappa shape index (κ2) is 6.56. The van der Waals surface area contributed by atoms with Gasteiger partial charge in [0.1, 0.15) is 5.25 Å². The Morgan fingerprint density at radius 2 is 2.00 bits per heavy atom. The van der Waals surface area contributed by atoms with E-state index < -0.39 is 29.1 Å². The number of thioether (sulfide) groups is 1. The summed E-state index contributed by atoms with van der Waals surface area (Å²) in [5, 5.41) is -0.832. The SMILES string of the molecule is CCOC(=O)C1OC(=O)C(=O)C1SCc1ccccc1. The van der Waals surface area contributed by atoms with E-state index in [1.165, 1.54) is 11.8 Å². The van der Waals surface area contributed by atoms with Crippen molar-refractivity contribution in [3.8, 4) is 0 Å². The normalized spacial score (nSPS) is 21.6. The Morgan fingerprint density at radius 1 is 1.30 bits per heavy atom. The van der Waals surface area contributed by atoms with Crippen molar-refractivity contribution in [1.82, 2.24) is 0 Å². The quantitative estimate of drug-likeness (QED) is 0.603. The van der Waals surface area contributed by atoms with Crippen molar-refractivity contribution in [2.45, 2.75) is 24.0 Å². The molecule has 0 N–H and O–H groups in total. The molecule has 1 heterocycles. The fraction of sp³-hybridized carbons (Fsp3) is 0.357. The number of esters is 2. The number of ketones is 1. The molecule has 2 atom stereocenters. The number of carbonyl (C=O) groups is 3. The molecule has 0 spiro atoms. The van der Waals surface area contributed by atoms with Crippen LogP contribution in [0.1, 0.15) is 12.5 Å². The lowest BCUT2D eigenvalue weighted by Crippen LogP contribution is -2.33. The van der Waals surface area contributed by atoms with Crippen molar-refractivity contribution in [3.05, 3.63) is 35.9 Å². The molecule has 0 aromatic heterocycles. The van der Waals surface area contributed by atoms with Crippen LogP contribution in [0.3, 0.4) is 0 Å². The Balaban J connectivity index is 2.04. The zero-order chi connectivity index (χ0) is 14.5. The van der Waals surface area contributed by atoms with Crippen molar-refractivity contribution < 1.29 is 23.9 Å². The molecule has 0 radical (unpaired) electrons. The van der Waals surface area contributed by atoms with Gasteiger partial charge in [-0.3, -0.25) is 4.79 Å². The van der Waals surface area contributed by atoms with E-state index in [-0.39, 0.29) is 6.61 Å². The Labute approximate surface area is 120 Å². The van der Waals surface area contributed by atoms with Crippen LogP contribution in [0.15, 0.2) is 30.3 Å². The van der Waals surface area contributed by atoms with Gasteiger partial charge in [0.25, 0.3) is 5.78 Å². The minimum Gasteiger partial charge on any atom is -0.463 e. The summed E-state index contributed by atoms with van der Waals surface area (Å²) in [5.74, 6) is -1.79. The molecule has 1 fully saturated rings. The van der Waals surface area contributed by atoms with Crippen LogP contribution in [-0.4, -0.2) is 35.7 Å². The summed E-state index contributed by atoms with van der Waals surface area (Å²) < 4.78 is 9.63. The highest BCUT2D eigenvalue weighted by Crippen LogP contribution is 2.28. The summed E-state index contributed by atoms with van der Waals surface area (Å²) in [5.41, 5.74) is 1.01. The lowest BCUT2D eigenvalue weighted by molar-refractivity contribution is -0.161. The Morgan fingerprint density at radius 3 is 2.65 bits per heavy atom. The molecule has 106 valence electrons. The van der Waals surface area contributed by atoms with Gasteiger partial charge in [-0.25, -0.2) is 9.59 Å². The maximum Gasteiger partial charge on any atom is 0.376 e. The summed E-state index contributed by atoms with van der Waals surface area (Å²) in [7, 11) is 0. The molecule has 0 bridgehead atoms. The van der Waals surface area contributed by atoms with Gasteiger partial charge in [0.15, 0.2) is 0 Å². The van der Waals surface area contributed by atoms with Gasteiger partial charge in [-0.15, -0.1) is 11.8 Å². The standard InChI is InChI=1S/C14H14O5S/c1-2-18-14(17)11-12(10(15)13(16)19-11)20-8-9-6-4-3-5-7-9/h3-7,11-12H,2,8H2,1H3. The van der Waals surface area contributed by atoms with E-state index in [4.69, 9.17) is 9.47 Å². The molecule has 1 aliphatic rings. The molecule has 0 saturated carbocycles. The van der Waals surface area contributed by atoms with Crippen LogP contribution in [0, 0.1) is 0 Å². The zero-order valence-electron chi connectivity index (χ0n) is 10.9. The van der Waals surface area contributed by atoms with Gasteiger partial charge in [-0.05, 0) is 12.5 Å². The second-order valence-corrected chi connectivity index (χ2v) is 5.29. The fourth-order valence-electron chi connectivity index (χ4n) is 1.81. The fourth-order valence-corrected chi connectivity index (χ4v) is 2.96. The minimum absolute atomic E-state index is 0.178. The summed E-state index contributed by atoms with van der Waals surface area (Å²) >= 11 is 1.22. The first-order valence-corrected chi connectivity index (χ1v) is 7.25. The Bertz CT molecular complexity index is 514. The molecule has 6 heteroatoms. The van der Waals surface area contributed by atoms with Crippen molar-refractivity contribution in [3.63, 3.8) is 0 Å². The number of benzene rings is 1. The molecular weight excluding hydrogens is 280 g/mol. The summed E-state index contributed by atoms with van der Waals surface area (Å²) in [6.07, 6.45) is -1.14. The van der Waals surface area contributed by atoms with Gasteiger partial charge in [0, 0.05) is 5.75 Å². The van der Waals surface area contributed by atoms with Crippen LogP contribution in [0.25, 0.3) is 0 Å². The van der Waals surface area contributed by atoms with Crippen molar-refractivity contribution in [1.29, 1.82) is 0 Å². The lowest BCUT2D eigenvalue weighted by atomic mass is 10.2. The molecule has 1 aromatic carbocycles. The summed E-state index contributed by atoms with van der Waals surface area (Å²) in [4.78, 5) is 34.8. The van der Waals surface area contributed by atoms with Crippen molar-refractivity contribution >= 4 is 29.5 Å². The van der Waals surface area contributed by atoms with Crippen LogP contribution in [-0.2, 0) is 29.6 Å². The van der Waals surface area contributed by atoms with Crippen LogP contribution in [0.4, 0.5) is 0 Å². The predicted molar refractivity (Wildman–Crippen MR) is 73.0 cm³/mol. The van der Waals surface area contributed by atoms with Crippen molar-refractivity contribution in [2.75, 3.05) is 6.61 Å². The molecule has 1 saturated heterocycles. The molecule has 5 nitrogen and oxygen atoms in total. The van der Waals surface area contributed by atoms with Crippen LogP contribution >= 0.6 is 11.8 Å². The summed E-state index contributed by atoms with van der Waals surface area (Å²) in [6, 6.07) is 9.49. The molecule has 0 aliphatic carbocycles. The Hall–Kier alpha value is -1.82. The van der Waals surface area contributed by atoms with E-state index >= 15 is 0 Å². The highest BCUT2D eigenvalue weighted by Gasteiger charge is 2.48. The molecular formula is C14H14O5S. The van der Waals surface area contributed by atoms with Gasteiger partial charge < -0.3 is 9.47 Å². The molecule has 0 amide bonds. The Kier molecular flexibility index (Phi) is 4.79. The highest BCUT2D eigenvalue weighted by atomic mass is 32.2. The number of hydrogen-bond donors (Lipinski definition) is 0. The monoisotopic (exact) mass is 294 g/mol. The molecule has 1 aromatic rings. The third-order valence-corrected chi connectivity index (χ3v) is 4.08. The summed E-state index contributed by atoms with van der Waals surface area (Å²) in [6.45, 7) is 1.83. The number of hydrogen-bond acceptors (Lipinski definition) is 6. The van der Waals surface area contributed by atoms with E-state index in [0.717, 1.165) is 5.56 Å². The van der Waals surface area contributed by atoms with Gasteiger partial charge in [-0.1, -0.05) is 30.3 Å². The second-order valence-electron chi connectivity index (χ2n) is 4.16. The third kappa shape index (κ3) is 3.19. The lowest BCUT2D eigenvalue weighted by Gasteiger charge is -2.14. The maximum absolute atomic E-state index is 11.7. The van der Waals surface area contributed by atoms with E-state index in [0.29, 0.717) is 5.75 Å². The first kappa shape index (κ1) is 14.6. The van der Waals surface area contributed by atoms with E-state index in [1.807, 2.05) is 30.3 Å². The number of carbonyl (C=O) groups excluding carboxylic acids is 3. The van der Waals surface area contributed by atoms with Crippen LogP contribution in [0.2, 0.25) is 0 Å². The first-order chi connectivity index (χ1) is 9.63. The molecule has 20 heavy (non-hydrogen) atoms. The van der Waals surface area contributed by atoms with Gasteiger partial charge in [-0.2, -0.15) is 0 Å². The smallest absolute Gasteiger partial charge is 0.376 e. The van der Waals surface area contributed by atoms with Gasteiger partial charge in [0.2, 0.25) is 6.10 Å². The van der Waals surface area contributed by atoms with E-state index in [1.54, 1.807) is 6.92 Å². The number of rotatable bonds is 5. The molecule has 2 rings (SSSR count). The van der Waals surface area contributed by atoms with Gasteiger partial charge >= 0.3 is 11.9 Å². The average Bonchev–Trinajstić information content (AvgIpc) is 2.74. The maximum atomic E-state index is 11.7.